The summed E-state index contributed by atoms with van der Waals surface area (Å²) in [5.74, 6) is -0.823. The Morgan fingerprint density at radius 2 is 1.90 bits per heavy atom. The second-order valence-corrected chi connectivity index (χ2v) is 4.20. The zero-order valence-corrected chi connectivity index (χ0v) is 10.5. The molecule has 8 heteroatoms. The molecule has 0 aliphatic heterocycles. The van der Waals surface area contributed by atoms with Gasteiger partial charge in [0.25, 0.3) is 5.91 Å². The summed E-state index contributed by atoms with van der Waals surface area (Å²) in [5, 5.41) is 2.12. The Bertz CT molecular complexity index is 738. The van der Waals surface area contributed by atoms with E-state index in [9.17, 15) is 22.8 Å². The molecule has 1 heterocycles. The van der Waals surface area contributed by atoms with Crippen molar-refractivity contribution in [1.29, 1.82) is 0 Å². The van der Waals surface area contributed by atoms with Crippen molar-refractivity contribution in [2.24, 2.45) is 0 Å². The summed E-state index contributed by atoms with van der Waals surface area (Å²) in [4.78, 5) is 25.3. The van der Waals surface area contributed by atoms with Gasteiger partial charge < -0.3 is 16.0 Å². The third kappa shape index (κ3) is 3.41. The maximum absolute atomic E-state index is 12.9. The van der Waals surface area contributed by atoms with Gasteiger partial charge >= 0.3 is 6.18 Å². The van der Waals surface area contributed by atoms with E-state index in [0.29, 0.717) is 0 Å². The van der Waals surface area contributed by atoms with Gasteiger partial charge in [-0.15, -0.1) is 0 Å². The van der Waals surface area contributed by atoms with Gasteiger partial charge in [-0.25, -0.2) is 0 Å². The predicted molar refractivity (Wildman–Crippen MR) is 70.9 cm³/mol. The molecule has 1 amide bonds. The minimum absolute atomic E-state index is 0.0521. The molecule has 0 saturated carbocycles. The maximum Gasteiger partial charge on any atom is 0.418 e. The van der Waals surface area contributed by atoms with Crippen LogP contribution < -0.4 is 16.6 Å². The number of nitrogen functional groups attached to an aromatic ring is 1. The van der Waals surface area contributed by atoms with Crippen LogP contribution in [0.1, 0.15) is 15.9 Å². The van der Waals surface area contributed by atoms with Gasteiger partial charge in [0.15, 0.2) is 0 Å². The van der Waals surface area contributed by atoms with Crippen LogP contribution in [0.4, 0.5) is 24.5 Å². The van der Waals surface area contributed by atoms with E-state index in [4.69, 9.17) is 5.73 Å². The number of alkyl halides is 3. The highest BCUT2D eigenvalue weighted by Gasteiger charge is 2.34. The lowest BCUT2D eigenvalue weighted by Crippen LogP contribution is -2.18. The molecule has 0 aliphatic rings. The monoisotopic (exact) mass is 297 g/mol. The summed E-state index contributed by atoms with van der Waals surface area (Å²) < 4.78 is 38.7. The molecule has 4 N–H and O–H groups in total. The quantitative estimate of drug-likeness (QED) is 0.743. The Hall–Kier alpha value is -2.77. The lowest BCUT2D eigenvalue weighted by atomic mass is 10.1. The smallest absolute Gasteiger partial charge is 0.399 e. The molecule has 5 nitrogen and oxygen atoms in total. The SMILES string of the molecule is Nc1ccc(NC(=O)c2cc[nH]c(=O)c2)c(C(F)(F)F)c1. The molecule has 0 unspecified atom stereocenters. The fourth-order valence-electron chi connectivity index (χ4n) is 1.69. The topological polar surface area (TPSA) is 88.0 Å². The maximum atomic E-state index is 12.9. The number of aromatic nitrogens is 1. The van der Waals surface area contributed by atoms with Crippen LogP contribution in [0.15, 0.2) is 41.3 Å². The summed E-state index contributed by atoms with van der Waals surface area (Å²) >= 11 is 0. The second kappa shape index (κ2) is 5.31. The first-order valence-corrected chi connectivity index (χ1v) is 5.74. The number of halogens is 3. The molecule has 2 aromatic rings. The van der Waals surface area contributed by atoms with E-state index in [1.54, 1.807) is 0 Å². The average Bonchev–Trinajstić information content (AvgIpc) is 2.39. The number of benzene rings is 1. The minimum atomic E-state index is -4.66. The molecular weight excluding hydrogens is 287 g/mol. The summed E-state index contributed by atoms with van der Waals surface area (Å²) in [7, 11) is 0. The minimum Gasteiger partial charge on any atom is -0.399 e. The Morgan fingerprint density at radius 1 is 1.19 bits per heavy atom. The highest BCUT2D eigenvalue weighted by molar-refractivity contribution is 6.04. The van der Waals surface area contributed by atoms with Gasteiger partial charge in [0.2, 0.25) is 5.56 Å². The molecule has 0 bridgehead atoms. The van der Waals surface area contributed by atoms with Gasteiger partial charge in [-0.2, -0.15) is 13.2 Å². The zero-order chi connectivity index (χ0) is 15.6. The van der Waals surface area contributed by atoms with E-state index in [-0.39, 0.29) is 11.3 Å². The summed E-state index contributed by atoms with van der Waals surface area (Å²) in [5.41, 5.74) is 3.19. The number of hydrogen-bond donors (Lipinski definition) is 3. The highest BCUT2D eigenvalue weighted by atomic mass is 19.4. The van der Waals surface area contributed by atoms with Crippen molar-refractivity contribution in [2.45, 2.75) is 6.18 Å². The Balaban J connectivity index is 2.36. The van der Waals surface area contributed by atoms with Crippen LogP contribution in [0.5, 0.6) is 0 Å². The first kappa shape index (κ1) is 14.6. The normalized spacial score (nSPS) is 11.2. The van der Waals surface area contributed by atoms with Crippen LogP contribution in [0, 0.1) is 0 Å². The van der Waals surface area contributed by atoms with Crippen molar-refractivity contribution in [3.8, 4) is 0 Å². The number of amides is 1. The Kier molecular flexibility index (Phi) is 3.70. The number of rotatable bonds is 2. The van der Waals surface area contributed by atoms with Crippen LogP contribution in [0.3, 0.4) is 0 Å². The van der Waals surface area contributed by atoms with E-state index < -0.39 is 28.9 Å². The number of pyridine rings is 1. The number of nitrogens with two attached hydrogens (primary N) is 1. The number of carbonyl (C=O) groups is 1. The number of hydrogen-bond acceptors (Lipinski definition) is 3. The number of nitrogens with one attached hydrogen (secondary N) is 2. The Morgan fingerprint density at radius 3 is 2.52 bits per heavy atom. The van der Waals surface area contributed by atoms with Gasteiger partial charge in [-0.1, -0.05) is 0 Å². The van der Waals surface area contributed by atoms with E-state index in [1.807, 2.05) is 0 Å². The molecule has 1 aromatic carbocycles. The highest BCUT2D eigenvalue weighted by Crippen LogP contribution is 2.36. The molecule has 0 spiro atoms. The van der Waals surface area contributed by atoms with Crippen molar-refractivity contribution < 1.29 is 18.0 Å². The molecule has 21 heavy (non-hydrogen) atoms. The average molecular weight is 297 g/mol. The fourth-order valence-corrected chi connectivity index (χ4v) is 1.69. The molecule has 2 rings (SSSR count). The van der Waals surface area contributed by atoms with E-state index in [0.717, 1.165) is 18.2 Å². The summed E-state index contributed by atoms with van der Waals surface area (Å²) in [6.45, 7) is 0. The fraction of sp³-hybridized carbons (Fsp3) is 0.0769. The van der Waals surface area contributed by atoms with Crippen LogP contribution in [0.2, 0.25) is 0 Å². The number of H-pyrrole nitrogens is 1. The van der Waals surface area contributed by atoms with Gasteiger partial charge in [-0.05, 0) is 24.3 Å². The van der Waals surface area contributed by atoms with E-state index in [2.05, 4.69) is 10.3 Å². The predicted octanol–water partition coefficient (Wildman–Crippen LogP) is 2.23. The molecule has 1 aromatic heterocycles. The van der Waals surface area contributed by atoms with Crippen molar-refractivity contribution in [3.05, 3.63) is 58.0 Å². The zero-order valence-electron chi connectivity index (χ0n) is 10.5. The van der Waals surface area contributed by atoms with Crippen molar-refractivity contribution >= 4 is 17.3 Å². The standard InChI is InChI=1S/C13H10F3N3O2/c14-13(15,16)9-6-8(17)1-2-10(9)19-12(21)7-3-4-18-11(20)5-7/h1-6H,17H2,(H,18,20)(H,19,21). The second-order valence-electron chi connectivity index (χ2n) is 4.20. The third-order valence-corrected chi connectivity index (χ3v) is 2.63. The van der Waals surface area contributed by atoms with Gasteiger partial charge in [0.05, 0.1) is 11.3 Å². The lowest BCUT2D eigenvalue weighted by molar-refractivity contribution is -0.136. The molecule has 0 saturated heterocycles. The van der Waals surface area contributed by atoms with Gasteiger partial charge in [0.1, 0.15) is 0 Å². The summed E-state index contributed by atoms with van der Waals surface area (Å²) in [6.07, 6.45) is -3.43. The van der Waals surface area contributed by atoms with Crippen LogP contribution in [-0.4, -0.2) is 10.9 Å². The third-order valence-electron chi connectivity index (χ3n) is 2.63. The molecule has 0 radical (unpaired) electrons. The number of anilines is 2. The van der Waals surface area contributed by atoms with E-state index >= 15 is 0 Å². The van der Waals surface area contributed by atoms with Crippen molar-refractivity contribution in [2.75, 3.05) is 11.1 Å². The molecular formula is C13H10F3N3O2. The van der Waals surface area contributed by atoms with Gasteiger partial charge in [0, 0.05) is 23.5 Å². The van der Waals surface area contributed by atoms with Crippen LogP contribution in [-0.2, 0) is 6.18 Å². The molecule has 0 fully saturated rings. The molecule has 110 valence electrons. The first-order valence-electron chi connectivity index (χ1n) is 5.74. The van der Waals surface area contributed by atoms with Crippen molar-refractivity contribution in [1.82, 2.24) is 4.98 Å². The Labute approximate surface area is 116 Å². The first-order chi connectivity index (χ1) is 9.77. The van der Waals surface area contributed by atoms with Crippen LogP contribution in [0.25, 0.3) is 0 Å². The number of carbonyl (C=O) groups excluding carboxylic acids is 1. The summed E-state index contributed by atoms with van der Waals surface area (Å²) in [6, 6.07) is 5.29. The van der Waals surface area contributed by atoms with Crippen molar-refractivity contribution in [3.63, 3.8) is 0 Å². The van der Waals surface area contributed by atoms with E-state index in [1.165, 1.54) is 18.3 Å². The largest absolute Gasteiger partial charge is 0.418 e. The molecule has 0 aliphatic carbocycles. The van der Waals surface area contributed by atoms with Gasteiger partial charge in [-0.3, -0.25) is 9.59 Å². The number of aromatic amines is 1. The molecule has 0 atom stereocenters. The van der Waals surface area contributed by atoms with Crippen LogP contribution >= 0.6 is 0 Å². The lowest BCUT2D eigenvalue weighted by Gasteiger charge is -2.14.